The number of benzene rings is 8. The first-order valence-electron chi connectivity index (χ1n) is 16.6. The third-order valence-corrected chi connectivity index (χ3v) is 9.68. The normalized spacial score (nSPS) is 11.7. The van der Waals surface area contributed by atoms with Gasteiger partial charge in [0.05, 0.1) is 22.4 Å². The molecular weight excluding hydrogens is 599 g/mol. The highest BCUT2D eigenvalue weighted by Crippen LogP contribution is 2.49. The van der Waals surface area contributed by atoms with E-state index in [4.69, 9.17) is 8.83 Å². The smallest absolute Gasteiger partial charge is 0.143 e. The number of rotatable bonds is 5. The van der Waals surface area contributed by atoms with Gasteiger partial charge in [-0.05, 0) is 47.3 Å². The number of hydrogen-bond donors (Lipinski definition) is 0. The Hall–Kier alpha value is -6.58. The lowest BCUT2D eigenvalue weighted by molar-refractivity contribution is 0.669. The molecule has 0 unspecified atom stereocenters. The van der Waals surface area contributed by atoms with Gasteiger partial charge >= 0.3 is 0 Å². The summed E-state index contributed by atoms with van der Waals surface area (Å²) in [6, 6.07) is 61.9. The van der Waals surface area contributed by atoms with Gasteiger partial charge in [0.25, 0.3) is 0 Å². The quantitative estimate of drug-likeness (QED) is 0.190. The third kappa shape index (κ3) is 4.29. The molecule has 0 amide bonds. The Morgan fingerprint density at radius 3 is 1.80 bits per heavy atom. The molecule has 0 saturated carbocycles. The van der Waals surface area contributed by atoms with Crippen molar-refractivity contribution in [2.24, 2.45) is 0 Å². The van der Waals surface area contributed by atoms with E-state index in [0.29, 0.717) is 0 Å². The van der Waals surface area contributed by atoms with Crippen molar-refractivity contribution < 1.29 is 8.83 Å². The Morgan fingerprint density at radius 1 is 0.327 bits per heavy atom. The summed E-state index contributed by atoms with van der Waals surface area (Å²) in [5.41, 5.74) is 11.1. The summed E-state index contributed by atoms with van der Waals surface area (Å²) in [6.07, 6.45) is 0. The number of para-hydroxylation sites is 4. The summed E-state index contributed by atoms with van der Waals surface area (Å²) in [7, 11) is 0. The average molecular weight is 628 g/mol. The second-order valence-electron chi connectivity index (χ2n) is 12.4. The van der Waals surface area contributed by atoms with Gasteiger partial charge < -0.3 is 13.7 Å². The van der Waals surface area contributed by atoms with Crippen LogP contribution in [0.15, 0.2) is 185 Å². The molecule has 3 nitrogen and oxygen atoms in total. The predicted octanol–water partition coefficient (Wildman–Crippen LogP) is 13.4. The lowest BCUT2D eigenvalue weighted by atomic mass is 9.97. The van der Waals surface area contributed by atoms with Crippen LogP contribution in [0.3, 0.4) is 0 Å². The van der Waals surface area contributed by atoms with Gasteiger partial charge in [0.1, 0.15) is 22.3 Å². The van der Waals surface area contributed by atoms with Crippen LogP contribution >= 0.6 is 0 Å². The molecule has 0 aliphatic rings. The van der Waals surface area contributed by atoms with Gasteiger partial charge in [0.2, 0.25) is 0 Å². The van der Waals surface area contributed by atoms with E-state index < -0.39 is 0 Å². The van der Waals surface area contributed by atoms with Crippen LogP contribution in [0.25, 0.3) is 76.9 Å². The van der Waals surface area contributed by atoms with Gasteiger partial charge in [-0.25, -0.2) is 0 Å². The van der Waals surface area contributed by atoms with E-state index in [2.05, 4.69) is 169 Å². The fraction of sp³-hybridized carbons (Fsp3) is 0. The Bertz CT molecular complexity index is 2840. The van der Waals surface area contributed by atoms with E-state index >= 15 is 0 Å². The Kier molecular flexibility index (Phi) is 6.18. The van der Waals surface area contributed by atoms with Crippen molar-refractivity contribution in [2.45, 2.75) is 0 Å². The topological polar surface area (TPSA) is 29.5 Å². The van der Waals surface area contributed by atoms with Crippen LogP contribution in [0, 0.1) is 0 Å². The highest BCUT2D eigenvalue weighted by molar-refractivity contribution is 6.18. The summed E-state index contributed by atoms with van der Waals surface area (Å²) < 4.78 is 13.3. The minimum atomic E-state index is 0.852. The van der Waals surface area contributed by atoms with Gasteiger partial charge in [-0.2, -0.15) is 0 Å². The van der Waals surface area contributed by atoms with Crippen LogP contribution in [-0.2, 0) is 0 Å². The zero-order valence-electron chi connectivity index (χ0n) is 26.5. The SMILES string of the molecule is c1ccc(-c2ccccc2N(c2ccccc2-c2cccc3c2oc2c4ccccc4ccc32)c2cccc3oc4ccccc4c23)cc1. The van der Waals surface area contributed by atoms with E-state index in [1.54, 1.807) is 0 Å². The molecule has 3 heteroatoms. The molecule has 10 rings (SSSR count). The number of nitrogens with zero attached hydrogens (tertiary/aromatic N) is 1. The van der Waals surface area contributed by atoms with E-state index in [-0.39, 0.29) is 0 Å². The Balaban J connectivity index is 1.29. The van der Waals surface area contributed by atoms with Crippen molar-refractivity contribution in [3.63, 3.8) is 0 Å². The number of hydrogen-bond acceptors (Lipinski definition) is 3. The van der Waals surface area contributed by atoms with Crippen LogP contribution in [-0.4, -0.2) is 0 Å². The third-order valence-electron chi connectivity index (χ3n) is 9.68. The van der Waals surface area contributed by atoms with Crippen molar-refractivity contribution in [1.29, 1.82) is 0 Å². The van der Waals surface area contributed by atoms with Crippen LogP contribution in [0.4, 0.5) is 17.1 Å². The first-order chi connectivity index (χ1) is 24.3. The molecule has 0 atom stereocenters. The minimum Gasteiger partial charge on any atom is -0.456 e. The fourth-order valence-electron chi connectivity index (χ4n) is 7.50. The van der Waals surface area contributed by atoms with Gasteiger partial charge in [-0.15, -0.1) is 0 Å². The summed E-state index contributed by atoms with van der Waals surface area (Å²) in [5.74, 6) is 0. The highest BCUT2D eigenvalue weighted by Gasteiger charge is 2.25. The fourth-order valence-corrected chi connectivity index (χ4v) is 7.50. The zero-order chi connectivity index (χ0) is 32.3. The van der Waals surface area contributed by atoms with Crippen molar-refractivity contribution in [1.82, 2.24) is 0 Å². The van der Waals surface area contributed by atoms with Crippen molar-refractivity contribution in [3.05, 3.63) is 176 Å². The molecule has 49 heavy (non-hydrogen) atoms. The van der Waals surface area contributed by atoms with Crippen LogP contribution < -0.4 is 4.90 Å². The van der Waals surface area contributed by atoms with Crippen molar-refractivity contribution in [2.75, 3.05) is 4.90 Å². The maximum Gasteiger partial charge on any atom is 0.143 e. The zero-order valence-corrected chi connectivity index (χ0v) is 26.5. The molecule has 0 saturated heterocycles. The van der Waals surface area contributed by atoms with E-state index in [1.165, 1.54) is 5.39 Å². The van der Waals surface area contributed by atoms with E-state index in [9.17, 15) is 0 Å². The van der Waals surface area contributed by atoms with Crippen molar-refractivity contribution in [3.8, 4) is 22.3 Å². The standard InChI is InChI=1S/C46H29NO2/c1-2-14-30(15-3-1)32-17-6-9-23-39(32)47(41-25-13-27-43-44(41)38-20-8-11-26-42(38)48-43)40-24-10-7-19-34(40)35-21-12-22-36-37-29-28-31-16-4-5-18-33(31)45(37)49-46(35)36/h1-29H. The summed E-state index contributed by atoms with van der Waals surface area (Å²) in [4.78, 5) is 2.40. The summed E-state index contributed by atoms with van der Waals surface area (Å²) >= 11 is 0. The number of anilines is 3. The molecule has 2 heterocycles. The van der Waals surface area contributed by atoms with Crippen LogP contribution in [0.1, 0.15) is 0 Å². The molecule has 0 spiro atoms. The molecule has 2 aromatic heterocycles. The van der Waals surface area contributed by atoms with E-state index in [1.807, 2.05) is 12.1 Å². The molecular formula is C46H29NO2. The molecule has 0 bridgehead atoms. The van der Waals surface area contributed by atoms with Gasteiger partial charge in [-0.3, -0.25) is 0 Å². The first-order valence-corrected chi connectivity index (χ1v) is 16.6. The van der Waals surface area contributed by atoms with Gasteiger partial charge in [0, 0.05) is 38.2 Å². The van der Waals surface area contributed by atoms with Crippen LogP contribution in [0.2, 0.25) is 0 Å². The lowest BCUT2D eigenvalue weighted by Crippen LogP contribution is -2.12. The molecule has 0 aliphatic heterocycles. The predicted molar refractivity (Wildman–Crippen MR) is 204 cm³/mol. The molecule has 8 aromatic carbocycles. The van der Waals surface area contributed by atoms with Crippen molar-refractivity contribution >= 4 is 71.7 Å². The first kappa shape index (κ1) is 27.5. The lowest BCUT2D eigenvalue weighted by Gasteiger charge is -2.30. The molecule has 0 aliphatic carbocycles. The summed E-state index contributed by atoms with van der Waals surface area (Å²) in [6.45, 7) is 0. The number of fused-ring (bicyclic) bond motifs is 8. The second kappa shape index (κ2) is 11.0. The minimum absolute atomic E-state index is 0.852. The molecule has 10 aromatic rings. The monoisotopic (exact) mass is 627 g/mol. The average Bonchev–Trinajstić information content (AvgIpc) is 3.75. The molecule has 0 radical (unpaired) electrons. The van der Waals surface area contributed by atoms with Crippen LogP contribution in [0.5, 0.6) is 0 Å². The summed E-state index contributed by atoms with van der Waals surface area (Å²) in [5, 5.41) is 6.66. The molecule has 0 fully saturated rings. The van der Waals surface area contributed by atoms with Gasteiger partial charge in [0.15, 0.2) is 0 Å². The maximum absolute atomic E-state index is 6.87. The second-order valence-corrected chi connectivity index (χ2v) is 12.4. The molecule has 0 N–H and O–H groups in total. The maximum atomic E-state index is 6.87. The van der Waals surface area contributed by atoms with Gasteiger partial charge in [-0.1, -0.05) is 140 Å². The molecule has 230 valence electrons. The Morgan fingerprint density at radius 2 is 0.918 bits per heavy atom. The van der Waals surface area contributed by atoms with E-state index in [0.717, 1.165) is 88.6 Å². The highest BCUT2D eigenvalue weighted by atomic mass is 16.3. The number of furan rings is 2. The Labute approximate surface area is 282 Å². The largest absolute Gasteiger partial charge is 0.456 e.